The average molecular weight is 349 g/mol. The quantitative estimate of drug-likeness (QED) is 0.502. The summed E-state index contributed by atoms with van der Waals surface area (Å²) in [5.74, 6) is 0.0994. The highest BCUT2D eigenvalue weighted by atomic mass is 35.5. The molecule has 0 aliphatic carbocycles. The van der Waals surface area contributed by atoms with Crippen molar-refractivity contribution in [1.29, 1.82) is 0 Å². The third-order valence-corrected chi connectivity index (χ3v) is 3.07. The van der Waals surface area contributed by atoms with Crippen molar-refractivity contribution in [3.8, 4) is 0 Å². The molecular weight excluding hydrogens is 332 g/mol. The van der Waals surface area contributed by atoms with Crippen molar-refractivity contribution >= 4 is 35.2 Å². The van der Waals surface area contributed by atoms with Gasteiger partial charge in [-0.05, 0) is 38.1 Å². The van der Waals surface area contributed by atoms with E-state index in [1.165, 1.54) is 7.11 Å². The van der Waals surface area contributed by atoms with E-state index in [0.29, 0.717) is 10.7 Å². The molecule has 0 aliphatic rings. The van der Waals surface area contributed by atoms with E-state index in [1.54, 1.807) is 24.3 Å². The highest BCUT2D eigenvalue weighted by molar-refractivity contribution is 6.30. The number of aryl methyl sites for hydroxylation is 2. The molecule has 0 atom stereocenters. The smallest absolute Gasteiger partial charge is 0.369 e. The van der Waals surface area contributed by atoms with Crippen LogP contribution in [0.2, 0.25) is 5.02 Å². The zero-order valence-corrected chi connectivity index (χ0v) is 14.2. The maximum absolute atomic E-state index is 12.2. The van der Waals surface area contributed by atoms with E-state index in [0.717, 1.165) is 16.5 Å². The van der Waals surface area contributed by atoms with Crippen molar-refractivity contribution in [2.75, 3.05) is 17.5 Å². The number of nitrogens with one attached hydrogen (secondary N) is 1. The first-order valence-electron chi connectivity index (χ1n) is 6.96. The summed E-state index contributed by atoms with van der Waals surface area (Å²) in [4.78, 5) is 29.3. The number of carbonyl (C=O) groups excluding carboxylic acids is 1. The predicted octanol–water partition coefficient (Wildman–Crippen LogP) is 2.66. The Labute approximate surface area is 144 Å². The average Bonchev–Trinajstić information content (AvgIpc) is 2.46. The van der Waals surface area contributed by atoms with Crippen LogP contribution in [0.25, 0.3) is 0 Å². The number of urea groups is 1. The summed E-state index contributed by atoms with van der Waals surface area (Å²) in [7, 11) is 1.34. The van der Waals surface area contributed by atoms with E-state index in [4.69, 9.17) is 22.2 Å². The summed E-state index contributed by atoms with van der Waals surface area (Å²) in [6.45, 7) is 3.65. The van der Waals surface area contributed by atoms with E-state index in [1.807, 2.05) is 19.9 Å². The molecule has 0 bridgehead atoms. The van der Waals surface area contributed by atoms with E-state index >= 15 is 0 Å². The van der Waals surface area contributed by atoms with E-state index in [-0.39, 0.29) is 11.9 Å². The summed E-state index contributed by atoms with van der Waals surface area (Å²) < 4.78 is 0. The van der Waals surface area contributed by atoms with Gasteiger partial charge in [0.15, 0.2) is 0 Å². The molecule has 2 aromatic rings. The second-order valence-corrected chi connectivity index (χ2v) is 5.27. The number of hydroxylamine groups is 1. The van der Waals surface area contributed by atoms with Gasteiger partial charge in [-0.2, -0.15) is 10.1 Å². The van der Waals surface area contributed by atoms with Gasteiger partial charge in [0.05, 0.1) is 12.8 Å². The van der Waals surface area contributed by atoms with E-state index in [2.05, 4.69) is 20.3 Å². The SMILES string of the molecule is CON(C(=O)N=C(N)Nc1nc(C)cc(C)n1)c1cccc(Cl)c1. The van der Waals surface area contributed by atoms with Gasteiger partial charge in [-0.1, -0.05) is 17.7 Å². The lowest BCUT2D eigenvalue weighted by Crippen LogP contribution is -2.32. The first-order valence-corrected chi connectivity index (χ1v) is 7.34. The largest absolute Gasteiger partial charge is 0.375 e. The number of hydrogen-bond acceptors (Lipinski definition) is 4. The number of nitrogens with two attached hydrogens (primary N) is 1. The number of halogens is 1. The van der Waals surface area contributed by atoms with Gasteiger partial charge in [0.2, 0.25) is 11.9 Å². The van der Waals surface area contributed by atoms with Gasteiger partial charge in [-0.3, -0.25) is 10.2 Å². The van der Waals surface area contributed by atoms with Crippen LogP contribution in [0, 0.1) is 13.8 Å². The van der Waals surface area contributed by atoms with E-state index in [9.17, 15) is 4.79 Å². The Morgan fingerprint density at radius 3 is 2.54 bits per heavy atom. The molecule has 24 heavy (non-hydrogen) atoms. The van der Waals surface area contributed by atoms with Crippen molar-refractivity contribution < 1.29 is 9.63 Å². The molecule has 8 nitrogen and oxygen atoms in total. The number of guanidine groups is 1. The highest BCUT2D eigenvalue weighted by Crippen LogP contribution is 2.20. The minimum absolute atomic E-state index is 0.158. The summed E-state index contributed by atoms with van der Waals surface area (Å²) in [6, 6.07) is 7.67. The lowest BCUT2D eigenvalue weighted by Gasteiger charge is -2.17. The van der Waals surface area contributed by atoms with Gasteiger partial charge in [-0.25, -0.2) is 14.8 Å². The minimum atomic E-state index is -0.728. The zero-order valence-electron chi connectivity index (χ0n) is 13.4. The van der Waals surface area contributed by atoms with Crippen LogP contribution in [0.15, 0.2) is 35.3 Å². The van der Waals surface area contributed by atoms with Gasteiger partial charge in [0, 0.05) is 16.4 Å². The Hall–Kier alpha value is -2.71. The fourth-order valence-corrected chi connectivity index (χ4v) is 2.15. The molecular formula is C15H17ClN6O2. The topological polar surface area (TPSA) is 106 Å². The monoisotopic (exact) mass is 348 g/mol. The van der Waals surface area contributed by atoms with Gasteiger partial charge in [0.25, 0.3) is 0 Å². The van der Waals surface area contributed by atoms with Crippen molar-refractivity contribution in [2.24, 2.45) is 10.7 Å². The molecule has 0 saturated heterocycles. The van der Waals surface area contributed by atoms with Crippen LogP contribution < -0.4 is 16.1 Å². The molecule has 1 aromatic heterocycles. The molecule has 2 amide bonds. The molecule has 0 spiro atoms. The lowest BCUT2D eigenvalue weighted by atomic mass is 10.3. The van der Waals surface area contributed by atoms with Crippen molar-refractivity contribution in [3.63, 3.8) is 0 Å². The molecule has 0 unspecified atom stereocenters. The zero-order chi connectivity index (χ0) is 17.7. The minimum Gasteiger partial charge on any atom is -0.369 e. The Balaban J connectivity index is 2.17. The Kier molecular flexibility index (Phi) is 5.67. The number of anilines is 2. The molecule has 9 heteroatoms. The summed E-state index contributed by atoms with van der Waals surface area (Å²) in [6.07, 6.45) is 0. The standard InChI is InChI=1S/C15H17ClN6O2/c1-9-7-10(2)19-14(18-9)20-13(17)21-15(23)22(24-3)12-6-4-5-11(16)8-12/h4-8H,1-3H3,(H3,17,18,19,20,21,23). The lowest BCUT2D eigenvalue weighted by molar-refractivity contribution is 0.168. The van der Waals surface area contributed by atoms with Crippen LogP contribution in [0.5, 0.6) is 0 Å². The number of aliphatic imine (C=N–C) groups is 1. The van der Waals surface area contributed by atoms with Gasteiger partial charge < -0.3 is 5.73 Å². The van der Waals surface area contributed by atoms with Crippen molar-refractivity contribution in [2.45, 2.75) is 13.8 Å². The van der Waals surface area contributed by atoms with Gasteiger partial charge in [0.1, 0.15) is 0 Å². The maximum Gasteiger partial charge on any atom is 0.375 e. The molecule has 126 valence electrons. The van der Waals surface area contributed by atoms with Crippen molar-refractivity contribution in [1.82, 2.24) is 9.97 Å². The first kappa shape index (κ1) is 17.6. The molecule has 1 heterocycles. The fourth-order valence-electron chi connectivity index (χ4n) is 1.97. The Bertz CT molecular complexity index is 760. The Morgan fingerprint density at radius 2 is 1.96 bits per heavy atom. The molecule has 0 aliphatic heterocycles. The third-order valence-electron chi connectivity index (χ3n) is 2.84. The fraction of sp³-hybridized carbons (Fsp3) is 0.200. The summed E-state index contributed by atoms with van der Waals surface area (Å²) >= 11 is 5.91. The second kappa shape index (κ2) is 7.71. The van der Waals surface area contributed by atoms with Crippen LogP contribution in [-0.4, -0.2) is 29.1 Å². The Morgan fingerprint density at radius 1 is 1.29 bits per heavy atom. The predicted molar refractivity (Wildman–Crippen MR) is 93.1 cm³/mol. The molecule has 3 N–H and O–H groups in total. The highest BCUT2D eigenvalue weighted by Gasteiger charge is 2.16. The number of carbonyl (C=O) groups is 1. The molecule has 1 aromatic carbocycles. The molecule has 2 rings (SSSR count). The van der Waals surface area contributed by atoms with Gasteiger partial charge >= 0.3 is 6.03 Å². The summed E-state index contributed by atoms with van der Waals surface area (Å²) in [5, 5.41) is 4.09. The van der Waals surface area contributed by atoms with E-state index < -0.39 is 6.03 Å². The number of aromatic nitrogens is 2. The number of rotatable bonds is 3. The number of hydrogen-bond donors (Lipinski definition) is 2. The third kappa shape index (κ3) is 4.64. The number of benzene rings is 1. The number of nitrogens with zero attached hydrogens (tertiary/aromatic N) is 4. The van der Waals surface area contributed by atoms with Crippen molar-refractivity contribution in [3.05, 3.63) is 46.7 Å². The van der Waals surface area contributed by atoms with Crippen LogP contribution in [0.3, 0.4) is 0 Å². The maximum atomic E-state index is 12.2. The number of amides is 2. The van der Waals surface area contributed by atoms with Gasteiger partial charge in [-0.15, -0.1) is 0 Å². The van der Waals surface area contributed by atoms with Crippen LogP contribution in [0.1, 0.15) is 11.4 Å². The van der Waals surface area contributed by atoms with Crippen LogP contribution in [0.4, 0.5) is 16.4 Å². The normalized spacial score (nSPS) is 11.2. The first-order chi connectivity index (χ1) is 11.4. The van der Waals surface area contributed by atoms with Crippen LogP contribution in [-0.2, 0) is 4.84 Å². The molecule has 0 radical (unpaired) electrons. The molecule has 0 fully saturated rings. The summed E-state index contributed by atoms with van der Waals surface area (Å²) in [5.41, 5.74) is 7.69. The second-order valence-electron chi connectivity index (χ2n) is 4.84. The molecule has 0 saturated carbocycles. The van der Waals surface area contributed by atoms with Crippen LogP contribution >= 0.6 is 11.6 Å².